The zero-order valence-electron chi connectivity index (χ0n) is 15.0. The summed E-state index contributed by atoms with van der Waals surface area (Å²) in [6.07, 6.45) is 1.46. The third-order valence-corrected chi connectivity index (χ3v) is 4.70. The highest BCUT2D eigenvalue weighted by Crippen LogP contribution is 2.27. The van der Waals surface area contributed by atoms with Crippen LogP contribution < -0.4 is 15.0 Å². The van der Waals surface area contributed by atoms with Crippen molar-refractivity contribution in [3.05, 3.63) is 63.7 Å². The summed E-state index contributed by atoms with van der Waals surface area (Å²) in [7, 11) is 1.56. The lowest BCUT2D eigenvalue weighted by Crippen LogP contribution is -2.54. The number of hydrogen-bond acceptors (Lipinski definition) is 4. The molecule has 4 amide bonds. The fraction of sp³-hybridized carbons (Fsp3) is 0.150. The van der Waals surface area contributed by atoms with Crippen LogP contribution in [-0.2, 0) is 9.59 Å². The number of methoxy groups -OCH3 is 1. The Morgan fingerprint density at radius 3 is 2.41 bits per heavy atom. The summed E-state index contributed by atoms with van der Waals surface area (Å²) < 4.78 is 5.16. The van der Waals surface area contributed by atoms with Crippen molar-refractivity contribution in [1.82, 2.24) is 5.32 Å². The minimum atomic E-state index is -0.812. The van der Waals surface area contributed by atoms with Gasteiger partial charge in [-0.1, -0.05) is 23.7 Å². The smallest absolute Gasteiger partial charge is 0.335 e. The number of rotatable bonds is 3. The summed E-state index contributed by atoms with van der Waals surface area (Å²) in [5.41, 5.74) is 2.46. The lowest BCUT2D eigenvalue weighted by Gasteiger charge is -2.26. The van der Waals surface area contributed by atoms with E-state index in [1.807, 2.05) is 13.8 Å². The van der Waals surface area contributed by atoms with E-state index < -0.39 is 17.8 Å². The van der Waals surface area contributed by atoms with Crippen LogP contribution >= 0.6 is 11.6 Å². The van der Waals surface area contributed by atoms with E-state index >= 15 is 0 Å². The van der Waals surface area contributed by atoms with Crippen molar-refractivity contribution in [2.75, 3.05) is 12.0 Å². The van der Waals surface area contributed by atoms with Gasteiger partial charge in [0.1, 0.15) is 11.3 Å². The van der Waals surface area contributed by atoms with E-state index in [2.05, 4.69) is 5.32 Å². The molecule has 1 N–H and O–H groups in total. The zero-order chi connectivity index (χ0) is 19.7. The maximum absolute atomic E-state index is 12.9. The second-order valence-corrected chi connectivity index (χ2v) is 6.52. The molecule has 2 aromatic carbocycles. The van der Waals surface area contributed by atoms with Crippen LogP contribution in [0.3, 0.4) is 0 Å². The van der Waals surface area contributed by atoms with Crippen molar-refractivity contribution in [2.45, 2.75) is 13.8 Å². The summed E-state index contributed by atoms with van der Waals surface area (Å²) in [6.45, 7) is 3.65. The highest BCUT2D eigenvalue weighted by molar-refractivity contribution is 6.39. The highest BCUT2D eigenvalue weighted by atomic mass is 35.5. The number of nitrogens with zero attached hydrogens (tertiary/aromatic N) is 1. The van der Waals surface area contributed by atoms with Crippen LogP contribution in [0.4, 0.5) is 10.5 Å². The summed E-state index contributed by atoms with van der Waals surface area (Å²) in [5, 5.41) is 2.61. The predicted octanol–water partition coefficient (Wildman–Crippen LogP) is 3.63. The lowest BCUT2D eigenvalue weighted by atomic mass is 10.0. The number of carbonyl (C=O) groups excluding carboxylic acids is 3. The van der Waals surface area contributed by atoms with Gasteiger partial charge in [-0.25, -0.2) is 9.69 Å². The van der Waals surface area contributed by atoms with E-state index in [0.717, 1.165) is 16.0 Å². The van der Waals surface area contributed by atoms with Gasteiger partial charge >= 0.3 is 6.03 Å². The number of benzene rings is 2. The number of urea groups is 1. The number of hydrogen-bond donors (Lipinski definition) is 1. The fourth-order valence-corrected chi connectivity index (χ4v) is 2.88. The van der Waals surface area contributed by atoms with Gasteiger partial charge in [0.05, 0.1) is 12.8 Å². The molecule has 138 valence electrons. The lowest BCUT2D eigenvalue weighted by molar-refractivity contribution is -0.122. The van der Waals surface area contributed by atoms with Crippen LogP contribution in [0.25, 0.3) is 6.08 Å². The van der Waals surface area contributed by atoms with E-state index in [1.54, 1.807) is 37.4 Å². The molecule has 0 atom stereocenters. The summed E-state index contributed by atoms with van der Waals surface area (Å²) in [5.74, 6) is -0.784. The van der Waals surface area contributed by atoms with E-state index in [1.165, 1.54) is 12.1 Å². The van der Waals surface area contributed by atoms with Crippen molar-refractivity contribution in [1.29, 1.82) is 0 Å². The van der Waals surface area contributed by atoms with Gasteiger partial charge in [0.15, 0.2) is 0 Å². The van der Waals surface area contributed by atoms with E-state index in [4.69, 9.17) is 16.3 Å². The molecule has 1 aliphatic rings. The molecule has 1 fully saturated rings. The molecule has 7 heteroatoms. The summed E-state index contributed by atoms with van der Waals surface area (Å²) in [6, 6.07) is 9.27. The molecule has 0 spiro atoms. The van der Waals surface area contributed by atoms with Gasteiger partial charge in [-0.15, -0.1) is 0 Å². The number of aryl methyl sites for hydroxylation is 2. The zero-order valence-corrected chi connectivity index (χ0v) is 15.8. The Bertz CT molecular complexity index is 997. The third-order valence-electron chi connectivity index (χ3n) is 4.29. The minimum absolute atomic E-state index is 0.139. The van der Waals surface area contributed by atoms with Crippen LogP contribution in [0.1, 0.15) is 16.7 Å². The molecule has 1 saturated heterocycles. The molecule has 0 radical (unpaired) electrons. The molecule has 0 saturated carbocycles. The Balaban J connectivity index is 2.03. The SMILES string of the molecule is COc1ccc(/C=C2/C(=O)NC(=O)N(c3ccc(C)c(Cl)c3)C2=O)c(C)c1. The molecule has 1 heterocycles. The van der Waals surface area contributed by atoms with E-state index in [-0.39, 0.29) is 11.3 Å². The Morgan fingerprint density at radius 2 is 1.78 bits per heavy atom. The van der Waals surface area contributed by atoms with Crippen molar-refractivity contribution in [3.63, 3.8) is 0 Å². The van der Waals surface area contributed by atoms with Crippen LogP contribution in [0.2, 0.25) is 5.02 Å². The van der Waals surface area contributed by atoms with Gasteiger partial charge in [0.2, 0.25) is 0 Å². The first-order chi connectivity index (χ1) is 12.8. The molecule has 0 unspecified atom stereocenters. The number of amides is 4. The molecular weight excluding hydrogens is 368 g/mol. The van der Waals surface area contributed by atoms with Crippen LogP contribution in [-0.4, -0.2) is 25.0 Å². The number of carbonyl (C=O) groups is 3. The van der Waals surface area contributed by atoms with Crippen LogP contribution in [0, 0.1) is 13.8 Å². The molecule has 1 aliphatic heterocycles. The summed E-state index contributed by atoms with van der Waals surface area (Å²) >= 11 is 6.11. The minimum Gasteiger partial charge on any atom is -0.497 e. The van der Waals surface area contributed by atoms with Gasteiger partial charge in [-0.2, -0.15) is 0 Å². The molecule has 0 aliphatic carbocycles. The topological polar surface area (TPSA) is 75.7 Å². The highest BCUT2D eigenvalue weighted by Gasteiger charge is 2.37. The first-order valence-corrected chi connectivity index (χ1v) is 8.52. The van der Waals surface area contributed by atoms with Gasteiger partial charge in [0.25, 0.3) is 11.8 Å². The van der Waals surface area contributed by atoms with Crippen LogP contribution in [0.15, 0.2) is 42.0 Å². The molecule has 27 heavy (non-hydrogen) atoms. The molecule has 0 aromatic heterocycles. The number of anilines is 1. The average Bonchev–Trinajstić information content (AvgIpc) is 2.62. The number of imide groups is 2. The quantitative estimate of drug-likeness (QED) is 0.647. The number of halogens is 1. The Kier molecular flexibility index (Phi) is 5.01. The molecule has 6 nitrogen and oxygen atoms in total. The van der Waals surface area contributed by atoms with Gasteiger partial charge in [0, 0.05) is 5.02 Å². The summed E-state index contributed by atoms with van der Waals surface area (Å²) in [4.78, 5) is 38.3. The first kappa shape index (κ1) is 18.7. The Labute approximate surface area is 161 Å². The number of barbiturate groups is 1. The molecule has 2 aromatic rings. The maximum Gasteiger partial charge on any atom is 0.335 e. The third kappa shape index (κ3) is 3.57. The fourth-order valence-electron chi connectivity index (χ4n) is 2.71. The van der Waals surface area contributed by atoms with Crippen molar-refractivity contribution >= 4 is 41.2 Å². The van der Waals surface area contributed by atoms with Gasteiger partial charge in [-0.3, -0.25) is 14.9 Å². The Hall–Kier alpha value is -3.12. The maximum atomic E-state index is 12.9. The predicted molar refractivity (Wildman–Crippen MR) is 103 cm³/mol. The monoisotopic (exact) mass is 384 g/mol. The van der Waals surface area contributed by atoms with Crippen LogP contribution in [0.5, 0.6) is 5.75 Å². The van der Waals surface area contributed by atoms with Crippen molar-refractivity contribution in [3.8, 4) is 5.75 Å². The normalized spacial score (nSPS) is 15.9. The second kappa shape index (κ2) is 7.25. The largest absolute Gasteiger partial charge is 0.497 e. The molecular formula is C20H17ClN2O4. The van der Waals surface area contributed by atoms with Gasteiger partial charge < -0.3 is 4.74 Å². The van der Waals surface area contributed by atoms with E-state index in [9.17, 15) is 14.4 Å². The average molecular weight is 385 g/mol. The second-order valence-electron chi connectivity index (χ2n) is 6.11. The number of nitrogens with one attached hydrogen (secondary N) is 1. The molecule has 0 bridgehead atoms. The molecule has 3 rings (SSSR count). The number of ether oxygens (including phenoxy) is 1. The Morgan fingerprint density at radius 1 is 1.04 bits per heavy atom. The van der Waals surface area contributed by atoms with Crippen molar-refractivity contribution < 1.29 is 19.1 Å². The van der Waals surface area contributed by atoms with Crippen molar-refractivity contribution in [2.24, 2.45) is 0 Å². The first-order valence-electron chi connectivity index (χ1n) is 8.14. The van der Waals surface area contributed by atoms with Gasteiger partial charge in [-0.05, 0) is 60.9 Å². The van der Waals surface area contributed by atoms with E-state index in [0.29, 0.717) is 16.3 Å². The standard InChI is InChI=1S/C20H17ClN2O4/c1-11-4-6-14(10-17(11)21)23-19(25)16(18(24)22-20(23)26)9-13-5-7-15(27-3)8-12(13)2/h4-10H,1-3H3,(H,22,24,26)/b16-9-.